The highest BCUT2D eigenvalue weighted by Crippen LogP contribution is 2.26. The van der Waals surface area contributed by atoms with Crippen LogP contribution in [-0.2, 0) is 0 Å². The predicted molar refractivity (Wildman–Crippen MR) is 108 cm³/mol. The van der Waals surface area contributed by atoms with Crippen LogP contribution in [0.15, 0.2) is 54.6 Å². The fourth-order valence-electron chi connectivity index (χ4n) is 3.63. The molecule has 1 saturated heterocycles. The molecule has 26 heavy (non-hydrogen) atoms. The number of para-hydroxylation sites is 2. The second kappa shape index (κ2) is 8.86. The lowest BCUT2D eigenvalue weighted by Crippen LogP contribution is -2.43. The van der Waals surface area contributed by atoms with Gasteiger partial charge in [0, 0.05) is 25.3 Å². The van der Waals surface area contributed by atoms with Gasteiger partial charge in [0.1, 0.15) is 0 Å². The van der Waals surface area contributed by atoms with Crippen LogP contribution < -0.4 is 10.2 Å². The number of nitrogens with one attached hydrogen (secondary N) is 1. The molecule has 0 bridgehead atoms. The Morgan fingerprint density at radius 1 is 1.04 bits per heavy atom. The molecule has 4 nitrogen and oxygen atoms in total. The van der Waals surface area contributed by atoms with Crippen molar-refractivity contribution in [2.75, 3.05) is 31.6 Å². The molecule has 0 radical (unpaired) electrons. The number of benzene rings is 2. The fraction of sp³-hybridized carbons (Fsp3) is 0.409. The molecule has 1 aliphatic heterocycles. The number of carbonyl (C=O) groups excluding carboxylic acids is 1. The van der Waals surface area contributed by atoms with E-state index in [4.69, 9.17) is 0 Å². The van der Waals surface area contributed by atoms with Crippen LogP contribution in [0.3, 0.4) is 0 Å². The lowest BCUT2D eigenvalue weighted by atomic mass is 10.1. The summed E-state index contributed by atoms with van der Waals surface area (Å²) in [6.45, 7) is 5.31. The van der Waals surface area contributed by atoms with Crippen molar-refractivity contribution in [3.8, 4) is 0 Å². The van der Waals surface area contributed by atoms with Gasteiger partial charge < -0.3 is 15.1 Å². The summed E-state index contributed by atoms with van der Waals surface area (Å²) in [5, 5.41) is 3.18. The lowest BCUT2D eigenvalue weighted by molar-refractivity contribution is 0.0926. The van der Waals surface area contributed by atoms with Crippen molar-refractivity contribution >= 4 is 17.3 Å². The maximum absolute atomic E-state index is 12.9. The first-order valence-electron chi connectivity index (χ1n) is 9.56. The van der Waals surface area contributed by atoms with Gasteiger partial charge >= 0.3 is 0 Å². The molecule has 1 heterocycles. The highest BCUT2D eigenvalue weighted by atomic mass is 16.1. The van der Waals surface area contributed by atoms with E-state index < -0.39 is 0 Å². The van der Waals surface area contributed by atoms with Crippen molar-refractivity contribution < 1.29 is 4.79 Å². The van der Waals surface area contributed by atoms with Crippen molar-refractivity contribution in [3.63, 3.8) is 0 Å². The zero-order valence-electron chi connectivity index (χ0n) is 15.8. The topological polar surface area (TPSA) is 35.6 Å². The highest BCUT2D eigenvalue weighted by Gasteiger charge is 2.19. The summed E-state index contributed by atoms with van der Waals surface area (Å²) in [6.07, 6.45) is 3.87. The Hall–Kier alpha value is -2.33. The summed E-state index contributed by atoms with van der Waals surface area (Å²) in [4.78, 5) is 17.4. The van der Waals surface area contributed by atoms with Crippen LogP contribution in [0, 0.1) is 0 Å². The molecule has 1 aliphatic rings. The molecule has 1 N–H and O–H groups in total. The van der Waals surface area contributed by atoms with E-state index in [0.717, 1.165) is 31.0 Å². The molecular weight excluding hydrogens is 322 g/mol. The molecular formula is C22H29N3O. The third-order valence-corrected chi connectivity index (χ3v) is 5.01. The van der Waals surface area contributed by atoms with Crippen molar-refractivity contribution in [2.24, 2.45) is 0 Å². The van der Waals surface area contributed by atoms with Gasteiger partial charge in [-0.15, -0.1) is 0 Å². The third kappa shape index (κ3) is 4.64. The van der Waals surface area contributed by atoms with Crippen LogP contribution in [0.5, 0.6) is 0 Å². The van der Waals surface area contributed by atoms with E-state index in [-0.39, 0.29) is 11.9 Å². The number of carbonyl (C=O) groups is 1. The largest absolute Gasteiger partial charge is 0.348 e. The van der Waals surface area contributed by atoms with Gasteiger partial charge in [-0.05, 0) is 57.1 Å². The number of likely N-dealkylation sites (tertiary alicyclic amines) is 1. The number of hydrogen-bond acceptors (Lipinski definition) is 3. The van der Waals surface area contributed by atoms with E-state index in [1.165, 1.54) is 19.3 Å². The Balaban J connectivity index is 1.69. The van der Waals surface area contributed by atoms with Gasteiger partial charge in [0.05, 0.1) is 11.3 Å². The Bertz CT molecular complexity index is 710. The van der Waals surface area contributed by atoms with Crippen molar-refractivity contribution in [1.29, 1.82) is 0 Å². The van der Waals surface area contributed by atoms with E-state index in [1.54, 1.807) is 0 Å². The molecule has 0 saturated carbocycles. The van der Waals surface area contributed by atoms with Gasteiger partial charge in [-0.3, -0.25) is 4.79 Å². The molecule has 138 valence electrons. The summed E-state index contributed by atoms with van der Waals surface area (Å²) >= 11 is 0. The molecule has 1 unspecified atom stereocenters. The van der Waals surface area contributed by atoms with Crippen LogP contribution in [0.4, 0.5) is 11.4 Å². The molecule has 0 aromatic heterocycles. The number of piperidine rings is 1. The zero-order valence-corrected chi connectivity index (χ0v) is 15.8. The second-order valence-corrected chi connectivity index (χ2v) is 7.15. The van der Waals surface area contributed by atoms with Crippen LogP contribution >= 0.6 is 0 Å². The number of rotatable bonds is 6. The quantitative estimate of drug-likeness (QED) is 0.852. The molecule has 0 aliphatic carbocycles. The van der Waals surface area contributed by atoms with Crippen LogP contribution in [-0.4, -0.2) is 43.5 Å². The van der Waals surface area contributed by atoms with Crippen LogP contribution in [0.25, 0.3) is 0 Å². The monoisotopic (exact) mass is 351 g/mol. The minimum absolute atomic E-state index is 0.00658. The van der Waals surface area contributed by atoms with E-state index in [2.05, 4.69) is 22.0 Å². The smallest absolute Gasteiger partial charge is 0.253 e. The fourth-order valence-corrected chi connectivity index (χ4v) is 3.63. The highest BCUT2D eigenvalue weighted by molar-refractivity contribution is 6.00. The van der Waals surface area contributed by atoms with Gasteiger partial charge in [0.25, 0.3) is 5.91 Å². The average molecular weight is 351 g/mol. The lowest BCUT2D eigenvalue weighted by Gasteiger charge is -2.29. The SMILES string of the molecule is CC(CN1CCCCC1)NC(=O)c1ccccc1N(C)c1ccccc1. The first-order valence-corrected chi connectivity index (χ1v) is 9.56. The summed E-state index contributed by atoms with van der Waals surface area (Å²) < 4.78 is 0. The first kappa shape index (κ1) is 18.5. The Morgan fingerprint density at radius 2 is 1.69 bits per heavy atom. The van der Waals surface area contributed by atoms with Crippen molar-refractivity contribution in [2.45, 2.75) is 32.2 Å². The van der Waals surface area contributed by atoms with Gasteiger partial charge in [-0.2, -0.15) is 0 Å². The van der Waals surface area contributed by atoms with Gasteiger partial charge in [0.2, 0.25) is 0 Å². The normalized spacial score (nSPS) is 16.1. The van der Waals surface area contributed by atoms with E-state index in [9.17, 15) is 4.79 Å². The molecule has 2 aromatic rings. The van der Waals surface area contributed by atoms with Crippen LogP contribution in [0.2, 0.25) is 0 Å². The zero-order chi connectivity index (χ0) is 18.4. The van der Waals surface area contributed by atoms with Gasteiger partial charge in [-0.1, -0.05) is 36.8 Å². The van der Waals surface area contributed by atoms with Crippen molar-refractivity contribution in [1.82, 2.24) is 10.2 Å². The molecule has 1 amide bonds. The molecule has 4 heteroatoms. The third-order valence-electron chi connectivity index (χ3n) is 5.01. The van der Waals surface area contributed by atoms with E-state index in [0.29, 0.717) is 5.56 Å². The summed E-state index contributed by atoms with van der Waals surface area (Å²) in [6, 6.07) is 18.0. The molecule has 1 fully saturated rings. The molecule has 2 aromatic carbocycles. The van der Waals surface area contributed by atoms with E-state index in [1.807, 2.05) is 61.6 Å². The standard InChI is InChI=1S/C22H29N3O/c1-18(17-25-15-9-4-10-16-25)23-22(26)20-13-7-8-14-21(20)24(2)19-11-5-3-6-12-19/h3,5-8,11-14,18H,4,9-10,15-17H2,1-2H3,(H,23,26). The summed E-state index contributed by atoms with van der Waals surface area (Å²) in [7, 11) is 2.00. The molecule has 0 spiro atoms. The second-order valence-electron chi connectivity index (χ2n) is 7.15. The molecule has 3 rings (SSSR count). The van der Waals surface area contributed by atoms with Crippen LogP contribution in [0.1, 0.15) is 36.5 Å². The van der Waals surface area contributed by atoms with E-state index >= 15 is 0 Å². The minimum atomic E-state index is -0.00658. The van der Waals surface area contributed by atoms with Crippen molar-refractivity contribution in [3.05, 3.63) is 60.2 Å². The molecule has 1 atom stereocenters. The minimum Gasteiger partial charge on any atom is -0.348 e. The first-order chi connectivity index (χ1) is 12.6. The predicted octanol–water partition coefficient (Wildman–Crippen LogP) is 4.06. The maximum Gasteiger partial charge on any atom is 0.253 e. The average Bonchev–Trinajstić information content (AvgIpc) is 2.68. The maximum atomic E-state index is 12.9. The Kier molecular flexibility index (Phi) is 6.29. The number of hydrogen-bond donors (Lipinski definition) is 1. The number of amides is 1. The van der Waals surface area contributed by atoms with Gasteiger partial charge in [0.15, 0.2) is 0 Å². The van der Waals surface area contributed by atoms with Gasteiger partial charge in [-0.25, -0.2) is 0 Å². The Morgan fingerprint density at radius 3 is 2.42 bits per heavy atom. The number of nitrogens with zero attached hydrogens (tertiary/aromatic N) is 2. The number of anilines is 2. The summed E-state index contributed by atoms with van der Waals surface area (Å²) in [5.74, 6) is -0.00658. The Labute approximate surface area is 156 Å². The summed E-state index contributed by atoms with van der Waals surface area (Å²) in [5.41, 5.74) is 2.69.